The van der Waals surface area contributed by atoms with Crippen LogP contribution in [0.5, 0.6) is 0 Å². The van der Waals surface area contributed by atoms with Gasteiger partial charge in [0, 0.05) is 13.1 Å². The van der Waals surface area contributed by atoms with E-state index in [9.17, 15) is 9.59 Å². The Bertz CT molecular complexity index is 560. The molecule has 0 aromatic heterocycles. The van der Waals surface area contributed by atoms with Crippen molar-refractivity contribution < 1.29 is 9.59 Å². The SMILES string of the molecule is C=CC(=O)NCCNC(=O)C1(c2cccc(C)c2)CCCC1. The van der Waals surface area contributed by atoms with Gasteiger partial charge in [-0.15, -0.1) is 0 Å². The molecule has 2 N–H and O–H groups in total. The topological polar surface area (TPSA) is 58.2 Å². The minimum absolute atomic E-state index is 0.0726. The second-order valence-corrected chi connectivity index (χ2v) is 5.91. The molecule has 1 aliphatic carbocycles. The average molecular weight is 300 g/mol. The number of rotatable bonds is 6. The lowest BCUT2D eigenvalue weighted by Gasteiger charge is -2.28. The smallest absolute Gasteiger partial charge is 0.243 e. The zero-order valence-corrected chi connectivity index (χ0v) is 13.2. The van der Waals surface area contributed by atoms with Gasteiger partial charge in [0.1, 0.15) is 0 Å². The van der Waals surface area contributed by atoms with Gasteiger partial charge < -0.3 is 10.6 Å². The van der Waals surface area contributed by atoms with Gasteiger partial charge >= 0.3 is 0 Å². The molecule has 0 saturated heterocycles. The highest BCUT2D eigenvalue weighted by atomic mass is 16.2. The Morgan fingerprint density at radius 1 is 1.23 bits per heavy atom. The summed E-state index contributed by atoms with van der Waals surface area (Å²) in [6.45, 7) is 6.30. The Kier molecular flexibility index (Phi) is 5.36. The van der Waals surface area contributed by atoms with E-state index >= 15 is 0 Å². The van der Waals surface area contributed by atoms with Crippen LogP contribution in [0.3, 0.4) is 0 Å². The summed E-state index contributed by atoms with van der Waals surface area (Å²) in [5.41, 5.74) is 1.88. The first-order valence-corrected chi connectivity index (χ1v) is 7.84. The van der Waals surface area contributed by atoms with Crippen LogP contribution in [0.4, 0.5) is 0 Å². The molecule has 4 nitrogen and oxygen atoms in total. The molecule has 1 aromatic rings. The van der Waals surface area contributed by atoms with Crippen LogP contribution in [0.15, 0.2) is 36.9 Å². The fourth-order valence-electron chi connectivity index (χ4n) is 3.17. The van der Waals surface area contributed by atoms with Crippen LogP contribution in [0.2, 0.25) is 0 Å². The number of nitrogens with one attached hydrogen (secondary N) is 2. The monoisotopic (exact) mass is 300 g/mol. The van der Waals surface area contributed by atoms with Crippen LogP contribution >= 0.6 is 0 Å². The third-order valence-corrected chi connectivity index (χ3v) is 4.36. The number of hydrogen-bond donors (Lipinski definition) is 2. The van der Waals surface area contributed by atoms with Crippen molar-refractivity contribution in [3.05, 3.63) is 48.0 Å². The molecular weight excluding hydrogens is 276 g/mol. The molecule has 0 heterocycles. The highest BCUT2D eigenvalue weighted by Crippen LogP contribution is 2.41. The molecule has 0 spiro atoms. The van der Waals surface area contributed by atoms with Gasteiger partial charge in [0.2, 0.25) is 11.8 Å². The Morgan fingerprint density at radius 3 is 2.55 bits per heavy atom. The summed E-state index contributed by atoms with van der Waals surface area (Å²) in [5.74, 6) is -0.146. The van der Waals surface area contributed by atoms with Gasteiger partial charge in [-0.25, -0.2) is 0 Å². The summed E-state index contributed by atoms with van der Waals surface area (Å²) in [4.78, 5) is 23.8. The second kappa shape index (κ2) is 7.25. The Balaban J connectivity index is 2.03. The standard InChI is InChI=1S/C18H24N2O2/c1-3-16(21)19-11-12-20-17(22)18(9-4-5-10-18)15-8-6-7-14(2)13-15/h3,6-8,13H,1,4-5,9-12H2,2H3,(H,19,21)(H,20,22). The number of benzene rings is 1. The lowest BCUT2D eigenvalue weighted by atomic mass is 9.77. The van der Waals surface area contributed by atoms with Crippen LogP contribution in [-0.2, 0) is 15.0 Å². The Labute approximate surface area is 132 Å². The van der Waals surface area contributed by atoms with E-state index in [2.05, 4.69) is 42.3 Å². The third kappa shape index (κ3) is 3.56. The molecule has 2 amide bonds. The van der Waals surface area contributed by atoms with Gasteiger partial charge in [-0.05, 0) is 31.4 Å². The van der Waals surface area contributed by atoms with E-state index in [0.717, 1.165) is 31.2 Å². The van der Waals surface area contributed by atoms with E-state index in [1.54, 1.807) is 0 Å². The molecule has 22 heavy (non-hydrogen) atoms. The van der Waals surface area contributed by atoms with Crippen molar-refractivity contribution in [2.75, 3.05) is 13.1 Å². The zero-order valence-electron chi connectivity index (χ0n) is 13.2. The summed E-state index contributed by atoms with van der Waals surface area (Å²) in [5, 5.41) is 5.64. The molecule has 118 valence electrons. The Morgan fingerprint density at radius 2 is 1.91 bits per heavy atom. The molecule has 1 fully saturated rings. The molecular formula is C18H24N2O2. The van der Waals surface area contributed by atoms with Crippen molar-refractivity contribution in [2.24, 2.45) is 0 Å². The maximum atomic E-state index is 12.7. The number of carbonyl (C=O) groups is 2. The first kappa shape index (κ1) is 16.3. The van der Waals surface area contributed by atoms with E-state index in [1.807, 2.05) is 6.07 Å². The molecule has 1 aromatic carbocycles. The predicted octanol–water partition coefficient (Wildman–Crippen LogP) is 2.23. The third-order valence-electron chi connectivity index (χ3n) is 4.36. The largest absolute Gasteiger partial charge is 0.354 e. The van der Waals surface area contributed by atoms with Crippen LogP contribution in [0.25, 0.3) is 0 Å². The molecule has 1 aliphatic rings. The van der Waals surface area contributed by atoms with Crippen molar-refractivity contribution in [3.63, 3.8) is 0 Å². The van der Waals surface area contributed by atoms with Crippen molar-refractivity contribution in [1.82, 2.24) is 10.6 Å². The van der Waals surface area contributed by atoms with Gasteiger partial charge in [0.25, 0.3) is 0 Å². The average Bonchev–Trinajstić information content (AvgIpc) is 3.02. The summed E-state index contributed by atoms with van der Waals surface area (Å²) in [6.07, 6.45) is 5.17. The lowest BCUT2D eigenvalue weighted by molar-refractivity contribution is -0.126. The summed E-state index contributed by atoms with van der Waals surface area (Å²) < 4.78 is 0. The van der Waals surface area contributed by atoms with Gasteiger partial charge in [0.15, 0.2) is 0 Å². The Hall–Kier alpha value is -2.10. The maximum absolute atomic E-state index is 12.7. The maximum Gasteiger partial charge on any atom is 0.243 e. The van der Waals surface area contributed by atoms with E-state index in [0.29, 0.717) is 13.1 Å². The van der Waals surface area contributed by atoms with Crippen LogP contribution in [-0.4, -0.2) is 24.9 Å². The number of amides is 2. The van der Waals surface area contributed by atoms with Crippen LogP contribution in [0.1, 0.15) is 36.8 Å². The number of hydrogen-bond acceptors (Lipinski definition) is 2. The quantitative estimate of drug-likeness (QED) is 0.625. The predicted molar refractivity (Wildman–Crippen MR) is 87.5 cm³/mol. The van der Waals surface area contributed by atoms with E-state index in [-0.39, 0.29) is 11.8 Å². The molecule has 0 aliphatic heterocycles. The molecule has 0 atom stereocenters. The zero-order chi connectivity index (χ0) is 16.0. The normalized spacial score (nSPS) is 16.0. The van der Waals surface area contributed by atoms with Gasteiger partial charge in [-0.2, -0.15) is 0 Å². The van der Waals surface area contributed by atoms with E-state index < -0.39 is 5.41 Å². The fraction of sp³-hybridized carbons (Fsp3) is 0.444. The van der Waals surface area contributed by atoms with Gasteiger partial charge in [0.05, 0.1) is 5.41 Å². The minimum Gasteiger partial charge on any atom is -0.354 e. The highest BCUT2D eigenvalue weighted by Gasteiger charge is 2.42. The fourth-order valence-corrected chi connectivity index (χ4v) is 3.17. The van der Waals surface area contributed by atoms with Crippen molar-refractivity contribution >= 4 is 11.8 Å². The van der Waals surface area contributed by atoms with Gasteiger partial charge in [-0.3, -0.25) is 9.59 Å². The summed E-state index contributed by atoms with van der Waals surface area (Å²) in [6, 6.07) is 8.24. The lowest BCUT2D eigenvalue weighted by Crippen LogP contribution is -2.45. The summed E-state index contributed by atoms with van der Waals surface area (Å²) >= 11 is 0. The summed E-state index contributed by atoms with van der Waals surface area (Å²) in [7, 11) is 0. The molecule has 4 heteroatoms. The molecule has 0 radical (unpaired) electrons. The van der Waals surface area contributed by atoms with E-state index in [1.165, 1.54) is 11.6 Å². The van der Waals surface area contributed by atoms with Crippen molar-refractivity contribution in [3.8, 4) is 0 Å². The molecule has 2 rings (SSSR count). The van der Waals surface area contributed by atoms with Crippen molar-refractivity contribution in [2.45, 2.75) is 38.0 Å². The molecule has 1 saturated carbocycles. The van der Waals surface area contributed by atoms with Crippen molar-refractivity contribution in [1.29, 1.82) is 0 Å². The second-order valence-electron chi connectivity index (χ2n) is 5.91. The highest BCUT2D eigenvalue weighted by molar-refractivity contribution is 5.89. The number of aryl methyl sites for hydroxylation is 1. The van der Waals surface area contributed by atoms with Crippen LogP contribution in [0, 0.1) is 6.92 Å². The number of carbonyl (C=O) groups excluding carboxylic acids is 2. The molecule has 0 unspecified atom stereocenters. The molecule has 0 bridgehead atoms. The first-order valence-electron chi connectivity index (χ1n) is 7.84. The van der Waals surface area contributed by atoms with E-state index in [4.69, 9.17) is 0 Å². The van der Waals surface area contributed by atoms with Gasteiger partial charge in [-0.1, -0.05) is 49.2 Å². The minimum atomic E-state index is -0.408. The first-order chi connectivity index (χ1) is 10.6. The van der Waals surface area contributed by atoms with Crippen LogP contribution < -0.4 is 10.6 Å².